The van der Waals surface area contributed by atoms with Gasteiger partial charge in [-0.2, -0.15) is 0 Å². The molecule has 5 heteroatoms. The van der Waals surface area contributed by atoms with Gasteiger partial charge in [0.15, 0.2) is 0 Å². The average molecular weight is 331 g/mol. The number of aliphatic hydroxyl groups is 1. The minimum Gasteiger partial charge on any atom is -0.389 e. The molecular formula is C14H23BrN2O2. The highest BCUT2D eigenvalue weighted by Crippen LogP contribution is 2.18. The number of ether oxygens (including phenoxy) is 1. The molecular weight excluding hydrogens is 308 g/mol. The summed E-state index contributed by atoms with van der Waals surface area (Å²) in [7, 11) is 3.57. The van der Waals surface area contributed by atoms with Gasteiger partial charge in [-0.3, -0.25) is 0 Å². The molecule has 0 fully saturated rings. The Morgan fingerprint density at radius 3 is 2.84 bits per heavy atom. The molecule has 0 saturated carbocycles. The van der Waals surface area contributed by atoms with Gasteiger partial charge >= 0.3 is 0 Å². The summed E-state index contributed by atoms with van der Waals surface area (Å²) in [6, 6.07) is 8.08. The number of nitrogens with two attached hydrogens (primary N) is 1. The Hall–Kier alpha value is -0.460. The van der Waals surface area contributed by atoms with Crippen LogP contribution in [-0.2, 0) is 4.74 Å². The van der Waals surface area contributed by atoms with Crippen LogP contribution >= 0.6 is 15.9 Å². The minimum absolute atomic E-state index is 0.0134. The molecule has 0 aliphatic carbocycles. The van der Waals surface area contributed by atoms with Gasteiger partial charge in [-0.15, -0.1) is 0 Å². The summed E-state index contributed by atoms with van der Waals surface area (Å²) in [5, 5.41) is 9.63. The van der Waals surface area contributed by atoms with Crippen LogP contribution in [0, 0.1) is 0 Å². The molecule has 0 aliphatic rings. The molecule has 4 nitrogen and oxygen atoms in total. The number of halogens is 1. The Kier molecular flexibility index (Phi) is 7.56. The van der Waals surface area contributed by atoms with Gasteiger partial charge in [-0.05, 0) is 37.7 Å². The van der Waals surface area contributed by atoms with Gasteiger partial charge in [0.2, 0.25) is 0 Å². The largest absolute Gasteiger partial charge is 0.389 e. The van der Waals surface area contributed by atoms with E-state index >= 15 is 0 Å². The third-order valence-electron chi connectivity index (χ3n) is 2.98. The molecule has 0 radical (unpaired) electrons. The number of nitrogens with zero attached hydrogens (tertiary/aromatic N) is 1. The van der Waals surface area contributed by atoms with Crippen LogP contribution in [0.1, 0.15) is 18.0 Å². The molecule has 0 bridgehead atoms. The van der Waals surface area contributed by atoms with Gasteiger partial charge < -0.3 is 20.5 Å². The SMILES string of the molecule is COCC(O)CN(C)CCC(N)c1cccc(Br)c1. The summed E-state index contributed by atoms with van der Waals surface area (Å²) >= 11 is 3.45. The predicted octanol–water partition coefficient (Wildman–Crippen LogP) is 1.78. The van der Waals surface area contributed by atoms with E-state index in [9.17, 15) is 5.11 Å². The number of methoxy groups -OCH3 is 1. The fourth-order valence-corrected chi connectivity index (χ4v) is 2.38. The number of benzene rings is 1. The van der Waals surface area contributed by atoms with E-state index in [2.05, 4.69) is 20.8 Å². The summed E-state index contributed by atoms with van der Waals surface area (Å²) in [5.41, 5.74) is 7.29. The Labute approximate surface area is 123 Å². The van der Waals surface area contributed by atoms with Crippen LogP contribution in [0.4, 0.5) is 0 Å². The molecule has 1 rings (SSSR count). The number of likely N-dealkylation sites (N-methyl/N-ethyl adjacent to an activating group) is 1. The van der Waals surface area contributed by atoms with Crippen molar-refractivity contribution in [3.05, 3.63) is 34.3 Å². The van der Waals surface area contributed by atoms with Crippen molar-refractivity contribution < 1.29 is 9.84 Å². The lowest BCUT2D eigenvalue weighted by Crippen LogP contribution is -2.33. The van der Waals surface area contributed by atoms with Crippen molar-refractivity contribution in [2.24, 2.45) is 5.73 Å². The first-order valence-corrected chi connectivity index (χ1v) is 7.18. The first-order valence-electron chi connectivity index (χ1n) is 6.39. The van der Waals surface area contributed by atoms with Crippen LogP contribution in [0.3, 0.4) is 0 Å². The minimum atomic E-state index is -0.447. The maximum Gasteiger partial charge on any atom is 0.0899 e. The van der Waals surface area contributed by atoms with E-state index in [4.69, 9.17) is 10.5 Å². The van der Waals surface area contributed by atoms with E-state index in [0.29, 0.717) is 13.2 Å². The third kappa shape index (κ3) is 6.49. The molecule has 0 heterocycles. The fraction of sp³-hybridized carbons (Fsp3) is 0.571. The van der Waals surface area contributed by atoms with Gasteiger partial charge in [0.25, 0.3) is 0 Å². The summed E-state index contributed by atoms with van der Waals surface area (Å²) in [6.07, 6.45) is 0.407. The Morgan fingerprint density at radius 2 is 2.21 bits per heavy atom. The van der Waals surface area contributed by atoms with Crippen molar-refractivity contribution >= 4 is 15.9 Å². The van der Waals surface area contributed by atoms with Crippen molar-refractivity contribution in [2.45, 2.75) is 18.6 Å². The lowest BCUT2D eigenvalue weighted by Gasteiger charge is -2.22. The normalized spacial score (nSPS) is 14.6. The van der Waals surface area contributed by atoms with E-state index < -0.39 is 6.10 Å². The highest BCUT2D eigenvalue weighted by atomic mass is 79.9. The first kappa shape index (κ1) is 16.6. The van der Waals surface area contributed by atoms with Crippen LogP contribution in [-0.4, -0.2) is 50.0 Å². The molecule has 3 N–H and O–H groups in total. The van der Waals surface area contributed by atoms with Crippen molar-refractivity contribution in [1.29, 1.82) is 0 Å². The first-order chi connectivity index (χ1) is 9.02. The molecule has 0 amide bonds. The molecule has 0 aliphatic heterocycles. The molecule has 2 unspecified atom stereocenters. The third-order valence-corrected chi connectivity index (χ3v) is 3.47. The van der Waals surface area contributed by atoms with Crippen LogP contribution in [0.5, 0.6) is 0 Å². The number of rotatable bonds is 8. The molecule has 19 heavy (non-hydrogen) atoms. The zero-order valence-electron chi connectivity index (χ0n) is 11.6. The van der Waals surface area contributed by atoms with Crippen LogP contribution in [0.15, 0.2) is 28.7 Å². The average Bonchev–Trinajstić information content (AvgIpc) is 2.36. The van der Waals surface area contributed by atoms with Crippen LogP contribution in [0.2, 0.25) is 0 Å². The fourth-order valence-electron chi connectivity index (χ4n) is 1.96. The van der Waals surface area contributed by atoms with E-state index in [1.54, 1.807) is 7.11 Å². The molecule has 2 atom stereocenters. The second kappa shape index (κ2) is 8.66. The molecule has 1 aromatic carbocycles. The number of hydrogen-bond acceptors (Lipinski definition) is 4. The standard InChI is InChI=1S/C14H23BrN2O2/c1-17(9-13(18)10-19-2)7-6-14(16)11-4-3-5-12(15)8-11/h3-5,8,13-14,18H,6-7,9-10,16H2,1-2H3. The number of aliphatic hydroxyl groups excluding tert-OH is 1. The summed E-state index contributed by atoms with van der Waals surface area (Å²) in [5.74, 6) is 0. The lowest BCUT2D eigenvalue weighted by molar-refractivity contribution is 0.0428. The zero-order valence-corrected chi connectivity index (χ0v) is 13.1. The summed E-state index contributed by atoms with van der Waals surface area (Å²) in [4.78, 5) is 2.07. The molecule has 0 spiro atoms. The van der Waals surface area contributed by atoms with Crippen molar-refractivity contribution in [3.63, 3.8) is 0 Å². The highest BCUT2D eigenvalue weighted by Gasteiger charge is 2.11. The number of hydrogen-bond donors (Lipinski definition) is 2. The molecule has 108 valence electrons. The van der Waals surface area contributed by atoms with Gasteiger partial charge in [0.1, 0.15) is 0 Å². The highest BCUT2D eigenvalue weighted by molar-refractivity contribution is 9.10. The van der Waals surface area contributed by atoms with E-state index in [-0.39, 0.29) is 6.04 Å². The zero-order chi connectivity index (χ0) is 14.3. The Bertz CT molecular complexity index is 376. The van der Waals surface area contributed by atoms with Gasteiger partial charge in [0, 0.05) is 24.2 Å². The van der Waals surface area contributed by atoms with E-state index in [0.717, 1.165) is 23.0 Å². The van der Waals surface area contributed by atoms with Gasteiger partial charge in [-0.25, -0.2) is 0 Å². The van der Waals surface area contributed by atoms with Crippen molar-refractivity contribution in [3.8, 4) is 0 Å². The maximum absolute atomic E-state index is 9.63. The Morgan fingerprint density at radius 1 is 1.47 bits per heavy atom. The van der Waals surface area contributed by atoms with E-state index in [1.165, 1.54) is 0 Å². The predicted molar refractivity (Wildman–Crippen MR) is 81.1 cm³/mol. The van der Waals surface area contributed by atoms with Crippen LogP contribution in [0.25, 0.3) is 0 Å². The lowest BCUT2D eigenvalue weighted by atomic mass is 10.0. The smallest absolute Gasteiger partial charge is 0.0899 e. The molecule has 0 saturated heterocycles. The van der Waals surface area contributed by atoms with Crippen molar-refractivity contribution in [1.82, 2.24) is 4.90 Å². The second-order valence-corrected chi connectivity index (χ2v) is 5.74. The van der Waals surface area contributed by atoms with Gasteiger partial charge in [-0.1, -0.05) is 28.1 Å². The summed E-state index contributed by atoms with van der Waals surface area (Å²) in [6.45, 7) is 1.80. The monoisotopic (exact) mass is 330 g/mol. The van der Waals surface area contributed by atoms with Gasteiger partial charge in [0.05, 0.1) is 12.7 Å². The van der Waals surface area contributed by atoms with E-state index in [1.807, 2.05) is 31.3 Å². The molecule has 0 aromatic heterocycles. The van der Waals surface area contributed by atoms with Crippen molar-refractivity contribution in [2.75, 3.05) is 33.9 Å². The quantitative estimate of drug-likeness (QED) is 0.762. The second-order valence-electron chi connectivity index (χ2n) is 4.82. The molecule has 1 aromatic rings. The van der Waals surface area contributed by atoms with Crippen LogP contribution < -0.4 is 5.73 Å². The Balaban J connectivity index is 2.35. The topological polar surface area (TPSA) is 58.7 Å². The maximum atomic E-state index is 9.63. The summed E-state index contributed by atoms with van der Waals surface area (Å²) < 4.78 is 5.95.